The van der Waals surface area contributed by atoms with Crippen LogP contribution < -0.4 is 0 Å². The number of hydrogen-bond acceptors (Lipinski definition) is 4. The normalized spacial score (nSPS) is 12.5. The number of hydrogen-bond donors (Lipinski definition) is 0. The van der Waals surface area contributed by atoms with Gasteiger partial charge in [-0.25, -0.2) is 9.79 Å². The Hall–Kier alpha value is -0.483. The molecule has 5 heteroatoms. The van der Waals surface area contributed by atoms with Crippen LogP contribution in [0.1, 0.15) is 32.6 Å². The molecule has 0 aliphatic rings. The summed E-state index contributed by atoms with van der Waals surface area (Å²) < 4.78 is 10.6. The monoisotopic (exact) mass is 231 g/mol. The van der Waals surface area contributed by atoms with Gasteiger partial charge in [0, 0.05) is 14.2 Å². The Morgan fingerprint density at radius 1 is 1.27 bits per heavy atom. The summed E-state index contributed by atoms with van der Waals surface area (Å²) in [6.45, 7) is 2.78. The predicted octanol–water partition coefficient (Wildman–Crippen LogP) is 1.79. The summed E-state index contributed by atoms with van der Waals surface area (Å²) in [7, 11) is 2.00. The lowest BCUT2D eigenvalue weighted by Crippen LogP contribution is -2.24. The number of aliphatic imine (C=N–C) groups is 1. The number of isocyanates is 1. The Bertz CT molecular complexity index is 191. The van der Waals surface area contributed by atoms with Crippen molar-refractivity contribution in [1.29, 1.82) is 0 Å². The molecule has 0 saturated heterocycles. The zero-order valence-corrected chi connectivity index (χ0v) is 11.0. The van der Waals surface area contributed by atoms with Crippen LogP contribution in [0.15, 0.2) is 4.99 Å². The van der Waals surface area contributed by atoms with Crippen molar-refractivity contribution >= 4 is 15.4 Å². The van der Waals surface area contributed by atoms with Crippen LogP contribution in [0.5, 0.6) is 0 Å². The van der Waals surface area contributed by atoms with Crippen LogP contribution >= 0.6 is 0 Å². The molecule has 88 valence electrons. The first-order valence-corrected chi connectivity index (χ1v) is 6.96. The van der Waals surface area contributed by atoms with Crippen molar-refractivity contribution in [3.05, 3.63) is 0 Å². The van der Waals surface area contributed by atoms with Crippen LogP contribution in [0.3, 0.4) is 0 Å². The zero-order valence-electron chi connectivity index (χ0n) is 9.86. The van der Waals surface area contributed by atoms with Gasteiger partial charge in [0.15, 0.2) is 0 Å². The van der Waals surface area contributed by atoms with Gasteiger partial charge in [-0.05, 0) is 18.4 Å². The molecule has 0 fully saturated rings. The van der Waals surface area contributed by atoms with E-state index in [9.17, 15) is 4.79 Å². The van der Waals surface area contributed by atoms with E-state index in [1.54, 1.807) is 20.3 Å². The highest BCUT2D eigenvalue weighted by atomic mass is 28.3. The van der Waals surface area contributed by atoms with E-state index < -0.39 is 9.28 Å². The third kappa shape index (κ3) is 7.45. The highest BCUT2D eigenvalue weighted by Gasteiger charge is 2.18. The molecule has 0 amide bonds. The minimum absolute atomic E-state index is 0.537. The zero-order chi connectivity index (χ0) is 11.5. The van der Waals surface area contributed by atoms with Gasteiger partial charge >= 0.3 is 9.28 Å². The molecule has 0 aliphatic heterocycles. The Morgan fingerprint density at radius 3 is 2.47 bits per heavy atom. The Morgan fingerprint density at radius 2 is 1.93 bits per heavy atom. The summed E-state index contributed by atoms with van der Waals surface area (Å²) in [4.78, 5) is 13.3. The van der Waals surface area contributed by atoms with Gasteiger partial charge in [0.2, 0.25) is 6.08 Å². The van der Waals surface area contributed by atoms with Crippen LogP contribution in [0, 0.1) is 0 Å². The second-order valence-corrected chi connectivity index (χ2v) is 6.46. The van der Waals surface area contributed by atoms with E-state index in [2.05, 4.69) is 11.9 Å². The van der Waals surface area contributed by atoms with Gasteiger partial charge in [-0.3, -0.25) is 0 Å². The standard InChI is InChI=1S/C10H21NO3Si/c1-10(15(13-2)14-3)7-5-4-6-8-11-9-12/h10,15H,4-8H2,1-3H3. The van der Waals surface area contributed by atoms with Gasteiger partial charge in [0.1, 0.15) is 0 Å². The summed E-state index contributed by atoms with van der Waals surface area (Å²) in [6.07, 6.45) is 5.89. The van der Waals surface area contributed by atoms with E-state index in [1.165, 1.54) is 0 Å². The molecule has 0 rings (SSSR count). The average molecular weight is 231 g/mol. The molecule has 0 radical (unpaired) electrons. The maximum absolute atomic E-state index is 9.79. The third-order valence-electron chi connectivity index (χ3n) is 2.42. The summed E-state index contributed by atoms with van der Waals surface area (Å²) >= 11 is 0. The molecule has 0 aromatic heterocycles. The minimum atomic E-state index is -1.44. The van der Waals surface area contributed by atoms with E-state index in [1.807, 2.05) is 0 Å². The second kappa shape index (κ2) is 10.0. The number of rotatable bonds is 9. The molecule has 0 N–H and O–H groups in total. The molecule has 0 aliphatic carbocycles. The summed E-state index contributed by atoms with van der Waals surface area (Å²) in [6, 6.07) is 0. The fourth-order valence-corrected chi connectivity index (χ4v) is 3.21. The first kappa shape index (κ1) is 14.5. The molecule has 1 atom stereocenters. The Labute approximate surface area is 93.5 Å². The summed E-state index contributed by atoms with van der Waals surface area (Å²) in [5, 5.41) is 0. The molecule has 0 heterocycles. The molecule has 4 nitrogen and oxygen atoms in total. The van der Waals surface area contributed by atoms with Gasteiger partial charge < -0.3 is 8.85 Å². The van der Waals surface area contributed by atoms with Crippen molar-refractivity contribution in [3.63, 3.8) is 0 Å². The van der Waals surface area contributed by atoms with Crippen LogP contribution in [0.25, 0.3) is 0 Å². The summed E-state index contributed by atoms with van der Waals surface area (Å²) in [5.41, 5.74) is 0.537. The van der Waals surface area contributed by atoms with E-state index in [-0.39, 0.29) is 0 Å². The lowest BCUT2D eigenvalue weighted by atomic mass is 10.1. The number of nitrogens with zero attached hydrogens (tertiary/aromatic N) is 1. The van der Waals surface area contributed by atoms with Gasteiger partial charge in [0.05, 0.1) is 6.54 Å². The third-order valence-corrected chi connectivity index (χ3v) is 4.61. The molecule has 0 aromatic carbocycles. The predicted molar refractivity (Wildman–Crippen MR) is 62.0 cm³/mol. The van der Waals surface area contributed by atoms with Crippen LogP contribution in [0.2, 0.25) is 5.54 Å². The van der Waals surface area contributed by atoms with Gasteiger partial charge in [-0.15, -0.1) is 0 Å². The Kier molecular flexibility index (Phi) is 9.73. The quantitative estimate of drug-likeness (QED) is 0.263. The maximum Gasteiger partial charge on any atom is 0.323 e. The lowest BCUT2D eigenvalue weighted by molar-refractivity contribution is 0.264. The molecule has 0 bridgehead atoms. The summed E-state index contributed by atoms with van der Waals surface area (Å²) in [5.74, 6) is 0. The topological polar surface area (TPSA) is 47.9 Å². The average Bonchev–Trinajstić information content (AvgIpc) is 2.25. The van der Waals surface area contributed by atoms with Crippen molar-refractivity contribution in [3.8, 4) is 0 Å². The molecule has 0 spiro atoms. The maximum atomic E-state index is 9.79. The van der Waals surface area contributed by atoms with Gasteiger partial charge in [0.25, 0.3) is 0 Å². The molecule has 0 saturated carbocycles. The van der Waals surface area contributed by atoms with Gasteiger partial charge in [-0.1, -0.05) is 19.8 Å². The van der Waals surface area contributed by atoms with E-state index >= 15 is 0 Å². The smallest absolute Gasteiger partial charge is 0.323 e. The van der Waals surface area contributed by atoms with Crippen molar-refractivity contribution < 1.29 is 13.6 Å². The highest BCUT2D eigenvalue weighted by Crippen LogP contribution is 2.19. The SMILES string of the molecule is CO[SiH](OC)C(C)CCCCCN=C=O. The van der Waals surface area contributed by atoms with Crippen molar-refractivity contribution in [2.75, 3.05) is 20.8 Å². The number of carbonyl (C=O) groups excluding carboxylic acids is 1. The molecule has 15 heavy (non-hydrogen) atoms. The first-order chi connectivity index (χ1) is 7.26. The minimum Gasteiger partial charge on any atom is -0.400 e. The lowest BCUT2D eigenvalue weighted by Gasteiger charge is -2.18. The van der Waals surface area contributed by atoms with Crippen LogP contribution in [-0.4, -0.2) is 36.1 Å². The molecule has 1 unspecified atom stereocenters. The Balaban J connectivity index is 3.45. The molecule has 0 aromatic rings. The van der Waals surface area contributed by atoms with E-state index in [4.69, 9.17) is 8.85 Å². The van der Waals surface area contributed by atoms with Crippen molar-refractivity contribution in [2.24, 2.45) is 4.99 Å². The van der Waals surface area contributed by atoms with Gasteiger partial charge in [-0.2, -0.15) is 0 Å². The number of unbranched alkanes of at least 4 members (excludes halogenated alkanes) is 2. The van der Waals surface area contributed by atoms with Crippen molar-refractivity contribution in [1.82, 2.24) is 0 Å². The second-order valence-electron chi connectivity index (χ2n) is 3.64. The highest BCUT2D eigenvalue weighted by molar-refractivity contribution is 6.46. The van der Waals surface area contributed by atoms with E-state index in [0.717, 1.165) is 25.7 Å². The van der Waals surface area contributed by atoms with E-state index in [0.29, 0.717) is 12.1 Å². The fraction of sp³-hybridized carbons (Fsp3) is 0.900. The first-order valence-electron chi connectivity index (χ1n) is 5.35. The molecular formula is C10H21NO3Si. The largest absolute Gasteiger partial charge is 0.400 e. The fourth-order valence-electron chi connectivity index (χ4n) is 1.58. The van der Waals surface area contributed by atoms with Crippen LogP contribution in [0.4, 0.5) is 0 Å². The van der Waals surface area contributed by atoms with Crippen LogP contribution in [-0.2, 0) is 13.6 Å². The van der Waals surface area contributed by atoms with Crippen molar-refractivity contribution in [2.45, 2.75) is 38.1 Å². The molecular weight excluding hydrogens is 210 g/mol.